The van der Waals surface area contributed by atoms with Crippen molar-refractivity contribution < 1.29 is 0 Å². The van der Waals surface area contributed by atoms with Gasteiger partial charge in [0.25, 0.3) is 5.43 Å². The van der Waals surface area contributed by atoms with Crippen molar-refractivity contribution in [3.63, 3.8) is 0 Å². The number of nitrogens with one attached hydrogen (secondary N) is 1. The summed E-state index contributed by atoms with van der Waals surface area (Å²) in [5, 5.41) is 3.13. The van der Waals surface area contributed by atoms with Gasteiger partial charge in [-0.05, 0) is 41.2 Å². The molecule has 3 rings (SSSR count). The van der Waals surface area contributed by atoms with Crippen molar-refractivity contribution >= 4 is 11.4 Å². The average Bonchev–Trinajstić information content (AvgIpc) is 2.61. The summed E-state index contributed by atoms with van der Waals surface area (Å²) in [6.45, 7) is 6.33. The lowest BCUT2D eigenvalue weighted by Gasteiger charge is -2.15. The first-order valence-electron chi connectivity index (χ1n) is 8.31. The minimum absolute atomic E-state index is 0.394. The predicted octanol–water partition coefficient (Wildman–Crippen LogP) is 4.38. The molecule has 0 spiro atoms. The standard InChI is InChI=1S/C21H21NO2/c1-4-14-6-5-7-17(12-14)22-19-18(20(23)21(19)24)16-10-8-15(9-11-16)13(2)3/h5-13,22H,4H2,1-3H3. The smallest absolute Gasteiger partial charge is 0.250 e. The second-order valence-electron chi connectivity index (χ2n) is 6.36. The SMILES string of the molecule is CCc1cccc(Nc2c(-c3ccc(C(C)C)cc3)c(=O)c2=O)c1. The molecule has 0 aliphatic carbocycles. The minimum atomic E-state index is -0.445. The number of hydrogen-bond donors (Lipinski definition) is 1. The largest absolute Gasteiger partial charge is 0.352 e. The molecule has 0 radical (unpaired) electrons. The number of rotatable bonds is 5. The van der Waals surface area contributed by atoms with E-state index in [-0.39, 0.29) is 0 Å². The van der Waals surface area contributed by atoms with Crippen LogP contribution in [0.1, 0.15) is 37.8 Å². The Hall–Kier alpha value is -2.68. The Balaban J connectivity index is 1.95. The molecule has 3 aromatic carbocycles. The zero-order valence-electron chi connectivity index (χ0n) is 14.2. The molecule has 0 aliphatic rings. The van der Waals surface area contributed by atoms with Gasteiger partial charge in [0.1, 0.15) is 5.69 Å². The van der Waals surface area contributed by atoms with Crippen LogP contribution in [0.5, 0.6) is 0 Å². The Kier molecular flexibility index (Phi) is 4.34. The fourth-order valence-corrected chi connectivity index (χ4v) is 2.83. The maximum Gasteiger partial charge on any atom is 0.250 e. The van der Waals surface area contributed by atoms with Gasteiger partial charge in [0.2, 0.25) is 5.43 Å². The van der Waals surface area contributed by atoms with E-state index in [2.05, 4.69) is 26.1 Å². The number of aryl methyl sites for hydroxylation is 1. The lowest BCUT2D eigenvalue weighted by atomic mass is 9.95. The molecule has 3 aromatic rings. The lowest BCUT2D eigenvalue weighted by Crippen LogP contribution is -2.35. The van der Waals surface area contributed by atoms with Gasteiger partial charge in [-0.1, -0.05) is 57.2 Å². The molecule has 0 atom stereocenters. The lowest BCUT2D eigenvalue weighted by molar-refractivity contribution is 0.867. The van der Waals surface area contributed by atoms with Crippen molar-refractivity contribution in [2.45, 2.75) is 33.1 Å². The van der Waals surface area contributed by atoms with Gasteiger partial charge in [0, 0.05) is 5.69 Å². The summed E-state index contributed by atoms with van der Waals surface area (Å²) in [7, 11) is 0. The second-order valence-corrected chi connectivity index (χ2v) is 6.36. The molecule has 122 valence electrons. The molecule has 0 aromatic heterocycles. The Labute approximate surface area is 141 Å². The van der Waals surface area contributed by atoms with Crippen molar-refractivity contribution in [1.82, 2.24) is 0 Å². The third-order valence-corrected chi connectivity index (χ3v) is 4.38. The first-order valence-corrected chi connectivity index (χ1v) is 8.31. The molecule has 0 fully saturated rings. The normalized spacial score (nSPS) is 11.2. The van der Waals surface area contributed by atoms with Crippen LogP contribution < -0.4 is 16.2 Å². The van der Waals surface area contributed by atoms with Crippen molar-refractivity contribution in [1.29, 1.82) is 0 Å². The van der Waals surface area contributed by atoms with Crippen molar-refractivity contribution in [3.8, 4) is 11.1 Å². The molecule has 0 amide bonds. The van der Waals surface area contributed by atoms with Gasteiger partial charge >= 0.3 is 0 Å². The number of benzene rings is 2. The third-order valence-electron chi connectivity index (χ3n) is 4.38. The highest BCUT2D eigenvalue weighted by molar-refractivity contribution is 5.84. The van der Waals surface area contributed by atoms with E-state index in [1.807, 2.05) is 48.5 Å². The van der Waals surface area contributed by atoms with E-state index in [4.69, 9.17) is 0 Å². The number of anilines is 2. The van der Waals surface area contributed by atoms with Gasteiger partial charge in [0.05, 0.1) is 5.56 Å². The van der Waals surface area contributed by atoms with Gasteiger partial charge < -0.3 is 5.32 Å². The Morgan fingerprint density at radius 1 is 0.958 bits per heavy atom. The molecular weight excluding hydrogens is 298 g/mol. The van der Waals surface area contributed by atoms with Crippen LogP contribution in [0.2, 0.25) is 0 Å². The molecular formula is C21H21NO2. The van der Waals surface area contributed by atoms with E-state index in [1.165, 1.54) is 11.1 Å². The zero-order chi connectivity index (χ0) is 17.3. The van der Waals surface area contributed by atoms with Gasteiger partial charge in [-0.25, -0.2) is 0 Å². The summed E-state index contributed by atoms with van der Waals surface area (Å²) in [5.74, 6) is 0.432. The molecule has 0 bridgehead atoms. The van der Waals surface area contributed by atoms with Gasteiger partial charge in [-0.3, -0.25) is 9.59 Å². The highest BCUT2D eigenvalue weighted by Crippen LogP contribution is 2.28. The van der Waals surface area contributed by atoms with Gasteiger partial charge in [-0.15, -0.1) is 0 Å². The molecule has 1 N–H and O–H groups in total. The molecule has 0 saturated carbocycles. The monoisotopic (exact) mass is 319 g/mol. The highest BCUT2D eigenvalue weighted by Gasteiger charge is 2.22. The van der Waals surface area contributed by atoms with Crippen molar-refractivity contribution in [2.75, 3.05) is 5.32 Å². The number of hydrogen-bond acceptors (Lipinski definition) is 3. The molecule has 0 heterocycles. The summed E-state index contributed by atoms with van der Waals surface area (Å²) in [4.78, 5) is 24.1. The minimum Gasteiger partial charge on any atom is -0.352 e. The van der Waals surface area contributed by atoms with Crippen LogP contribution in [0.15, 0.2) is 58.1 Å². The Bertz CT molecular complexity index is 929. The Morgan fingerprint density at radius 3 is 2.29 bits per heavy atom. The molecule has 0 aliphatic heterocycles. The van der Waals surface area contributed by atoms with E-state index in [9.17, 15) is 9.59 Å². The predicted molar refractivity (Wildman–Crippen MR) is 100.0 cm³/mol. The first kappa shape index (κ1) is 16.2. The third kappa shape index (κ3) is 2.90. The second kappa shape index (κ2) is 6.44. The van der Waals surface area contributed by atoms with E-state index >= 15 is 0 Å². The van der Waals surface area contributed by atoms with Crippen molar-refractivity contribution in [3.05, 3.63) is 80.1 Å². The van der Waals surface area contributed by atoms with Crippen LogP contribution in [0.25, 0.3) is 11.1 Å². The molecule has 24 heavy (non-hydrogen) atoms. The fraction of sp³-hybridized carbons (Fsp3) is 0.238. The quantitative estimate of drug-likeness (QED) is 0.710. The fourth-order valence-electron chi connectivity index (χ4n) is 2.83. The van der Waals surface area contributed by atoms with Crippen LogP contribution in [-0.4, -0.2) is 0 Å². The highest BCUT2D eigenvalue weighted by atomic mass is 16.2. The topological polar surface area (TPSA) is 46.2 Å². The summed E-state index contributed by atoms with van der Waals surface area (Å²) in [6.07, 6.45) is 0.922. The maximum atomic E-state index is 12.1. The van der Waals surface area contributed by atoms with Gasteiger partial charge in [0.15, 0.2) is 0 Å². The maximum absolute atomic E-state index is 12.1. The van der Waals surface area contributed by atoms with E-state index in [0.717, 1.165) is 17.7 Å². The van der Waals surface area contributed by atoms with Crippen LogP contribution in [0.4, 0.5) is 11.4 Å². The van der Waals surface area contributed by atoms with E-state index in [0.29, 0.717) is 17.2 Å². The molecule has 0 saturated heterocycles. The van der Waals surface area contributed by atoms with Crippen LogP contribution in [0, 0.1) is 0 Å². The molecule has 0 unspecified atom stereocenters. The first-order chi connectivity index (χ1) is 11.5. The van der Waals surface area contributed by atoms with E-state index < -0.39 is 10.9 Å². The summed E-state index contributed by atoms with van der Waals surface area (Å²) >= 11 is 0. The van der Waals surface area contributed by atoms with Crippen LogP contribution in [-0.2, 0) is 6.42 Å². The van der Waals surface area contributed by atoms with Crippen LogP contribution >= 0.6 is 0 Å². The molecule has 3 nitrogen and oxygen atoms in total. The van der Waals surface area contributed by atoms with E-state index in [1.54, 1.807) is 0 Å². The van der Waals surface area contributed by atoms with Crippen LogP contribution in [0.3, 0.4) is 0 Å². The summed E-state index contributed by atoms with van der Waals surface area (Å²) in [5.41, 5.74) is 4.04. The average molecular weight is 319 g/mol. The molecule has 3 heteroatoms. The summed E-state index contributed by atoms with van der Waals surface area (Å²) in [6, 6.07) is 15.8. The van der Waals surface area contributed by atoms with Crippen molar-refractivity contribution in [2.24, 2.45) is 0 Å². The zero-order valence-corrected chi connectivity index (χ0v) is 14.2. The Morgan fingerprint density at radius 2 is 1.67 bits per heavy atom. The van der Waals surface area contributed by atoms with Gasteiger partial charge in [-0.2, -0.15) is 0 Å². The summed E-state index contributed by atoms with van der Waals surface area (Å²) < 4.78 is 0.